The summed E-state index contributed by atoms with van der Waals surface area (Å²) in [5, 5.41) is 14.8. The van der Waals surface area contributed by atoms with E-state index in [1.165, 1.54) is 11.8 Å². The molecule has 1 fully saturated rings. The first kappa shape index (κ1) is 19.3. The number of benzene rings is 1. The third kappa shape index (κ3) is 5.27. The number of thioether (sulfide) groups is 1. The number of carbonyl (C=O) groups is 2. The molecule has 2 heterocycles. The zero-order valence-corrected chi connectivity index (χ0v) is 16.0. The van der Waals surface area contributed by atoms with Gasteiger partial charge in [-0.15, -0.1) is 5.10 Å². The number of carbonyl (C=O) groups excluding carboxylic acids is 2. The molecule has 1 atom stereocenters. The number of aryl methyl sites for hydroxylation is 1. The quantitative estimate of drug-likeness (QED) is 0.640. The molecule has 27 heavy (non-hydrogen) atoms. The van der Waals surface area contributed by atoms with Gasteiger partial charge in [0.1, 0.15) is 0 Å². The number of aromatic nitrogens is 4. The molecule has 1 saturated heterocycles. The molecule has 2 amide bonds. The van der Waals surface area contributed by atoms with Gasteiger partial charge in [-0.05, 0) is 47.5 Å². The van der Waals surface area contributed by atoms with Crippen molar-refractivity contribution in [3.05, 3.63) is 29.8 Å². The highest BCUT2D eigenvalue weighted by molar-refractivity contribution is 7.99. The van der Waals surface area contributed by atoms with Crippen LogP contribution in [0.1, 0.15) is 24.8 Å². The second-order valence-corrected chi connectivity index (χ2v) is 7.53. The number of hydrogen-bond acceptors (Lipinski definition) is 7. The van der Waals surface area contributed by atoms with E-state index in [9.17, 15) is 9.59 Å². The summed E-state index contributed by atoms with van der Waals surface area (Å²) in [7, 11) is 1.76. The maximum absolute atomic E-state index is 12.2. The molecule has 0 bridgehead atoms. The summed E-state index contributed by atoms with van der Waals surface area (Å²) >= 11 is 1.44. The van der Waals surface area contributed by atoms with E-state index in [0.29, 0.717) is 23.9 Å². The molecule has 1 aliphatic heterocycles. The van der Waals surface area contributed by atoms with Gasteiger partial charge in [0.2, 0.25) is 17.0 Å². The molecule has 1 aliphatic rings. The van der Waals surface area contributed by atoms with Crippen molar-refractivity contribution in [2.45, 2.75) is 37.0 Å². The lowest BCUT2D eigenvalue weighted by atomic mass is 10.1. The maximum atomic E-state index is 12.2. The Morgan fingerprint density at radius 3 is 3.00 bits per heavy atom. The van der Waals surface area contributed by atoms with Crippen molar-refractivity contribution in [1.29, 1.82) is 0 Å². The minimum absolute atomic E-state index is 0.0639. The van der Waals surface area contributed by atoms with Gasteiger partial charge in [-0.2, -0.15) is 0 Å². The van der Waals surface area contributed by atoms with Crippen molar-refractivity contribution in [2.24, 2.45) is 12.8 Å². The molecular formula is C17H23N7O2S. The predicted molar refractivity (Wildman–Crippen MR) is 102 cm³/mol. The van der Waals surface area contributed by atoms with Gasteiger partial charge in [0.05, 0.1) is 6.04 Å². The number of nitrogens with zero attached hydrogens (tertiary/aromatic N) is 5. The Bertz CT molecular complexity index is 810. The van der Waals surface area contributed by atoms with Crippen LogP contribution < -0.4 is 11.1 Å². The third-order valence-electron chi connectivity index (χ3n) is 4.43. The molecule has 144 valence electrons. The Hall–Kier alpha value is -2.46. The van der Waals surface area contributed by atoms with E-state index >= 15 is 0 Å². The first-order valence-corrected chi connectivity index (χ1v) is 9.79. The summed E-state index contributed by atoms with van der Waals surface area (Å²) in [6.07, 6.45) is 2.14. The molecule has 0 radical (unpaired) electrons. The van der Waals surface area contributed by atoms with Crippen molar-refractivity contribution in [1.82, 2.24) is 25.1 Å². The van der Waals surface area contributed by atoms with Crippen molar-refractivity contribution in [3.8, 4) is 0 Å². The summed E-state index contributed by atoms with van der Waals surface area (Å²) in [6, 6.07) is 7.49. The van der Waals surface area contributed by atoms with Crippen molar-refractivity contribution in [2.75, 3.05) is 17.6 Å². The highest BCUT2D eigenvalue weighted by atomic mass is 32.2. The van der Waals surface area contributed by atoms with E-state index in [-0.39, 0.29) is 17.9 Å². The highest BCUT2D eigenvalue weighted by Crippen LogP contribution is 2.21. The number of tetrazole rings is 1. The van der Waals surface area contributed by atoms with Gasteiger partial charge in [0.15, 0.2) is 0 Å². The largest absolute Gasteiger partial charge is 0.368 e. The molecule has 1 unspecified atom stereocenters. The number of primary amides is 1. The average Bonchev–Trinajstić information content (AvgIpc) is 3.24. The monoisotopic (exact) mass is 389 g/mol. The molecule has 10 heteroatoms. The molecule has 0 saturated carbocycles. The van der Waals surface area contributed by atoms with Crippen LogP contribution in [0.5, 0.6) is 0 Å². The molecule has 9 nitrogen and oxygen atoms in total. The number of anilines is 1. The van der Waals surface area contributed by atoms with E-state index in [0.717, 1.165) is 30.6 Å². The van der Waals surface area contributed by atoms with Gasteiger partial charge in [-0.3, -0.25) is 14.5 Å². The van der Waals surface area contributed by atoms with Gasteiger partial charge in [-0.25, -0.2) is 4.68 Å². The number of nitrogens with two attached hydrogens (primary N) is 1. The topological polar surface area (TPSA) is 119 Å². The van der Waals surface area contributed by atoms with Crippen LogP contribution in [0, 0.1) is 0 Å². The first-order valence-electron chi connectivity index (χ1n) is 8.80. The van der Waals surface area contributed by atoms with Crippen LogP contribution in [0.15, 0.2) is 29.4 Å². The standard InChI is InChI=1S/C17H23N7O2S/c1-23-17(20-21-22-23)27-9-7-15(25)19-13-5-2-4-12(10-13)11-24-8-3-6-14(24)16(18)26/h2,4-5,10,14H,3,6-9,11H2,1H3,(H2,18,26)(H,19,25). The smallest absolute Gasteiger partial charge is 0.234 e. The van der Waals surface area contributed by atoms with Crippen LogP contribution >= 0.6 is 11.8 Å². The Labute approximate surface area is 161 Å². The van der Waals surface area contributed by atoms with Gasteiger partial charge in [0, 0.05) is 31.5 Å². The second kappa shape index (κ2) is 8.96. The van der Waals surface area contributed by atoms with Crippen LogP contribution in [0.2, 0.25) is 0 Å². The number of amides is 2. The van der Waals surface area contributed by atoms with Gasteiger partial charge in [-0.1, -0.05) is 23.9 Å². The fourth-order valence-corrected chi connectivity index (χ4v) is 3.91. The SMILES string of the molecule is Cn1nnnc1SCCC(=O)Nc1cccc(CN2CCCC2C(N)=O)c1. The highest BCUT2D eigenvalue weighted by Gasteiger charge is 2.28. The van der Waals surface area contributed by atoms with E-state index in [1.54, 1.807) is 11.7 Å². The summed E-state index contributed by atoms with van der Waals surface area (Å²) in [5.74, 6) is 0.256. The number of nitrogens with one attached hydrogen (secondary N) is 1. The zero-order valence-electron chi connectivity index (χ0n) is 15.2. The Morgan fingerprint density at radius 1 is 1.41 bits per heavy atom. The van der Waals surface area contributed by atoms with Crippen LogP contribution in [-0.4, -0.2) is 55.3 Å². The lowest BCUT2D eigenvalue weighted by molar-refractivity contribution is -0.122. The Balaban J connectivity index is 1.50. The van der Waals surface area contributed by atoms with Crippen molar-refractivity contribution >= 4 is 29.3 Å². The summed E-state index contributed by atoms with van der Waals surface area (Å²) in [5.41, 5.74) is 7.27. The third-order valence-corrected chi connectivity index (χ3v) is 5.44. The summed E-state index contributed by atoms with van der Waals surface area (Å²) in [4.78, 5) is 25.8. The van der Waals surface area contributed by atoms with Gasteiger partial charge in [0.25, 0.3) is 0 Å². The maximum Gasteiger partial charge on any atom is 0.234 e. The van der Waals surface area contributed by atoms with Crippen LogP contribution in [0.3, 0.4) is 0 Å². The second-order valence-electron chi connectivity index (χ2n) is 6.46. The minimum Gasteiger partial charge on any atom is -0.368 e. The average molecular weight is 389 g/mol. The molecule has 0 spiro atoms. The number of likely N-dealkylation sites (tertiary alicyclic amines) is 1. The number of rotatable bonds is 8. The Morgan fingerprint density at radius 2 is 2.26 bits per heavy atom. The minimum atomic E-state index is -0.271. The molecule has 2 aromatic rings. The van der Waals surface area contributed by atoms with E-state index in [2.05, 4.69) is 25.7 Å². The lowest BCUT2D eigenvalue weighted by Gasteiger charge is -2.22. The van der Waals surface area contributed by atoms with Gasteiger partial charge < -0.3 is 11.1 Å². The Kier molecular flexibility index (Phi) is 6.40. The van der Waals surface area contributed by atoms with Crippen molar-refractivity contribution < 1.29 is 9.59 Å². The van der Waals surface area contributed by atoms with Crippen molar-refractivity contribution in [3.63, 3.8) is 0 Å². The zero-order chi connectivity index (χ0) is 19.2. The predicted octanol–water partition coefficient (Wildman–Crippen LogP) is 0.781. The van der Waals surface area contributed by atoms with Gasteiger partial charge >= 0.3 is 0 Å². The molecule has 0 aliphatic carbocycles. The molecule has 1 aromatic heterocycles. The summed E-state index contributed by atoms with van der Waals surface area (Å²) < 4.78 is 1.57. The van der Waals surface area contributed by atoms with E-state index in [1.807, 2.05) is 24.3 Å². The molecular weight excluding hydrogens is 366 g/mol. The lowest BCUT2D eigenvalue weighted by Crippen LogP contribution is -2.39. The van der Waals surface area contributed by atoms with E-state index < -0.39 is 0 Å². The molecule has 3 rings (SSSR count). The van der Waals surface area contributed by atoms with E-state index in [4.69, 9.17) is 5.73 Å². The fraction of sp³-hybridized carbons (Fsp3) is 0.471. The van der Waals surface area contributed by atoms with Crippen LogP contribution in [0.25, 0.3) is 0 Å². The fourth-order valence-electron chi connectivity index (χ4n) is 3.12. The van der Waals surface area contributed by atoms with Crippen LogP contribution in [0.4, 0.5) is 5.69 Å². The number of hydrogen-bond donors (Lipinski definition) is 2. The van der Waals surface area contributed by atoms with Crippen LogP contribution in [-0.2, 0) is 23.2 Å². The first-order chi connectivity index (χ1) is 13.0. The normalized spacial score (nSPS) is 17.1. The molecule has 3 N–H and O–H groups in total. The molecule has 1 aromatic carbocycles. The summed E-state index contributed by atoms with van der Waals surface area (Å²) in [6.45, 7) is 1.50.